The molecule has 0 bridgehead atoms. The summed E-state index contributed by atoms with van der Waals surface area (Å²) in [4.78, 5) is 26.3. The molecule has 0 saturated heterocycles. The van der Waals surface area contributed by atoms with Gasteiger partial charge < -0.3 is 25.0 Å². The fraction of sp³-hybridized carbons (Fsp3) is 0.346. The zero-order chi connectivity index (χ0) is 25.8. The number of rotatable bonds is 11. The van der Waals surface area contributed by atoms with E-state index in [-0.39, 0.29) is 24.5 Å². The van der Waals surface area contributed by atoms with E-state index in [1.807, 2.05) is 63.2 Å². The molecule has 8 nitrogen and oxygen atoms in total. The molecule has 2 amide bonds. The van der Waals surface area contributed by atoms with E-state index in [0.29, 0.717) is 25.1 Å². The Balaban J connectivity index is 1.94. The van der Waals surface area contributed by atoms with Crippen molar-refractivity contribution in [2.45, 2.75) is 39.6 Å². The second-order valence-electron chi connectivity index (χ2n) is 8.13. The van der Waals surface area contributed by atoms with E-state index in [1.54, 1.807) is 23.1 Å². The van der Waals surface area contributed by atoms with E-state index in [2.05, 4.69) is 5.32 Å². The molecule has 0 radical (unpaired) electrons. The Bertz CT molecular complexity index is 1060. The summed E-state index contributed by atoms with van der Waals surface area (Å²) in [5.74, 6) is -1.22. The average Bonchev–Trinajstić information content (AvgIpc) is 2.84. The quantitative estimate of drug-likeness (QED) is 0.260. The molecule has 1 atom stereocenters. The number of nitrogens with zero attached hydrogens (tertiary/aromatic N) is 2. The zero-order valence-electron chi connectivity index (χ0n) is 20.4. The summed E-state index contributed by atoms with van der Waals surface area (Å²) < 4.78 is 5.22. The lowest BCUT2D eigenvalue weighted by atomic mass is 9.76. The lowest BCUT2D eigenvalue weighted by Gasteiger charge is -2.18. The van der Waals surface area contributed by atoms with Crippen LogP contribution in [0.25, 0.3) is 6.08 Å². The highest BCUT2D eigenvalue weighted by atomic mass is 16.5. The van der Waals surface area contributed by atoms with E-state index in [4.69, 9.17) is 4.74 Å². The minimum atomic E-state index is -1.74. The molecule has 0 spiro atoms. The summed E-state index contributed by atoms with van der Waals surface area (Å²) in [5.41, 5.74) is 3.56. The van der Waals surface area contributed by atoms with Crippen molar-refractivity contribution < 1.29 is 24.4 Å². The Hall–Kier alpha value is -3.61. The van der Waals surface area contributed by atoms with E-state index < -0.39 is 19.2 Å². The van der Waals surface area contributed by atoms with E-state index >= 15 is 0 Å². The summed E-state index contributed by atoms with van der Waals surface area (Å²) in [7, 11) is -1.74. The number of carbonyl (C=O) groups is 2. The zero-order valence-corrected chi connectivity index (χ0v) is 20.4. The number of likely N-dealkylation sites (N-methyl/N-ethyl adjacent to an activating group) is 1. The fourth-order valence-corrected chi connectivity index (χ4v) is 3.49. The normalized spacial score (nSPS) is 11.8. The lowest BCUT2D eigenvalue weighted by Crippen LogP contribution is -2.48. The SMILES string of the molecule is CCN(CC)C(=O)C(C#N)=Cc1cccc(CCOC(=O)N[C@@H](Cc2ccc(C)cc2)B(O)O)c1. The van der Waals surface area contributed by atoms with Gasteiger partial charge in [0.25, 0.3) is 5.91 Å². The molecule has 0 saturated carbocycles. The van der Waals surface area contributed by atoms with Gasteiger partial charge in [-0.1, -0.05) is 54.1 Å². The van der Waals surface area contributed by atoms with Crippen molar-refractivity contribution in [3.8, 4) is 6.07 Å². The summed E-state index contributed by atoms with van der Waals surface area (Å²) in [5, 5.41) is 31.2. The van der Waals surface area contributed by atoms with Crippen LogP contribution in [-0.2, 0) is 22.4 Å². The minimum absolute atomic E-state index is 0.0589. The number of hydrogen-bond donors (Lipinski definition) is 3. The van der Waals surface area contributed by atoms with Gasteiger partial charge in [-0.25, -0.2) is 4.79 Å². The number of amides is 2. The third kappa shape index (κ3) is 8.93. The smallest absolute Gasteiger partial charge is 0.449 e. The van der Waals surface area contributed by atoms with Gasteiger partial charge in [-0.2, -0.15) is 5.26 Å². The molecule has 0 fully saturated rings. The van der Waals surface area contributed by atoms with Gasteiger partial charge in [0.1, 0.15) is 11.6 Å². The van der Waals surface area contributed by atoms with Crippen LogP contribution in [0.15, 0.2) is 54.1 Å². The van der Waals surface area contributed by atoms with Gasteiger partial charge in [-0.3, -0.25) is 4.79 Å². The Kier molecular flexibility index (Phi) is 11.0. The van der Waals surface area contributed by atoms with Crippen molar-refractivity contribution in [2.75, 3.05) is 19.7 Å². The summed E-state index contributed by atoms with van der Waals surface area (Å²) in [6.07, 6.45) is 1.46. The maximum absolute atomic E-state index is 12.5. The predicted octanol–water partition coefficient (Wildman–Crippen LogP) is 2.66. The molecule has 0 aliphatic rings. The first-order chi connectivity index (χ1) is 16.8. The number of hydrogen-bond acceptors (Lipinski definition) is 6. The Labute approximate surface area is 207 Å². The minimum Gasteiger partial charge on any atom is -0.449 e. The van der Waals surface area contributed by atoms with E-state index in [0.717, 1.165) is 16.7 Å². The van der Waals surface area contributed by atoms with Crippen molar-refractivity contribution in [3.63, 3.8) is 0 Å². The van der Waals surface area contributed by atoms with Crippen molar-refractivity contribution in [1.82, 2.24) is 10.2 Å². The molecule has 2 aromatic rings. The highest BCUT2D eigenvalue weighted by Crippen LogP contribution is 2.13. The molecule has 9 heteroatoms. The van der Waals surface area contributed by atoms with Gasteiger partial charge in [0, 0.05) is 19.5 Å². The Morgan fingerprint density at radius 3 is 2.43 bits per heavy atom. The molecule has 0 unspecified atom stereocenters. The molecule has 0 heterocycles. The number of carbonyl (C=O) groups excluding carboxylic acids is 2. The summed E-state index contributed by atoms with van der Waals surface area (Å²) in [6, 6.07) is 16.8. The van der Waals surface area contributed by atoms with Gasteiger partial charge in [0.2, 0.25) is 0 Å². The average molecular weight is 477 g/mol. The molecule has 0 aliphatic carbocycles. The summed E-state index contributed by atoms with van der Waals surface area (Å²) in [6.45, 7) is 6.79. The largest absolute Gasteiger partial charge is 0.475 e. The molecule has 0 aliphatic heterocycles. The van der Waals surface area contributed by atoms with Crippen LogP contribution in [0.1, 0.15) is 36.1 Å². The second kappa shape index (κ2) is 13.9. The second-order valence-corrected chi connectivity index (χ2v) is 8.13. The maximum Gasteiger partial charge on any atom is 0.475 e. The van der Waals surface area contributed by atoms with Crippen molar-refractivity contribution >= 4 is 25.2 Å². The van der Waals surface area contributed by atoms with Crippen molar-refractivity contribution in [3.05, 3.63) is 76.4 Å². The molecule has 2 rings (SSSR count). The molecule has 2 aromatic carbocycles. The first kappa shape index (κ1) is 27.6. The first-order valence-corrected chi connectivity index (χ1v) is 11.6. The number of ether oxygens (including phenoxy) is 1. The summed E-state index contributed by atoms with van der Waals surface area (Å²) >= 11 is 0. The molecule has 35 heavy (non-hydrogen) atoms. The maximum atomic E-state index is 12.5. The van der Waals surface area contributed by atoms with Crippen molar-refractivity contribution in [1.29, 1.82) is 5.26 Å². The van der Waals surface area contributed by atoms with Gasteiger partial charge in [0.05, 0.1) is 12.5 Å². The number of aryl methyl sites for hydroxylation is 1. The Morgan fingerprint density at radius 2 is 1.83 bits per heavy atom. The third-order valence-electron chi connectivity index (χ3n) is 5.53. The lowest BCUT2D eigenvalue weighted by molar-refractivity contribution is -0.126. The first-order valence-electron chi connectivity index (χ1n) is 11.6. The van der Waals surface area contributed by atoms with Crippen LogP contribution in [-0.4, -0.2) is 59.7 Å². The molecular formula is C26H32BN3O5. The molecule has 3 N–H and O–H groups in total. The highest BCUT2D eigenvalue weighted by molar-refractivity contribution is 6.43. The number of nitriles is 1. The molecular weight excluding hydrogens is 445 g/mol. The molecule has 184 valence electrons. The van der Waals surface area contributed by atoms with Crippen molar-refractivity contribution in [2.24, 2.45) is 0 Å². The number of benzene rings is 2. The monoisotopic (exact) mass is 477 g/mol. The topological polar surface area (TPSA) is 123 Å². The Morgan fingerprint density at radius 1 is 1.14 bits per heavy atom. The van der Waals surface area contributed by atoms with Gasteiger partial charge >= 0.3 is 13.2 Å². The van der Waals surface area contributed by atoms with Crippen LogP contribution in [0.5, 0.6) is 0 Å². The number of nitrogens with one attached hydrogen (secondary N) is 1. The van der Waals surface area contributed by atoms with Crippen LogP contribution in [0.2, 0.25) is 0 Å². The van der Waals surface area contributed by atoms with Crippen LogP contribution >= 0.6 is 0 Å². The van der Waals surface area contributed by atoms with Gasteiger partial charge in [0.15, 0.2) is 0 Å². The predicted molar refractivity (Wildman–Crippen MR) is 135 cm³/mol. The van der Waals surface area contributed by atoms with Crippen LogP contribution in [0.4, 0.5) is 4.79 Å². The van der Waals surface area contributed by atoms with Gasteiger partial charge in [-0.05, 0) is 50.0 Å². The molecule has 0 aromatic heterocycles. The third-order valence-corrected chi connectivity index (χ3v) is 5.53. The van der Waals surface area contributed by atoms with Crippen LogP contribution in [0.3, 0.4) is 0 Å². The highest BCUT2D eigenvalue weighted by Gasteiger charge is 2.26. The van der Waals surface area contributed by atoms with E-state index in [1.165, 1.54) is 0 Å². The fourth-order valence-electron chi connectivity index (χ4n) is 3.49. The number of alkyl carbamates (subject to hydrolysis) is 1. The van der Waals surface area contributed by atoms with Gasteiger partial charge in [-0.15, -0.1) is 0 Å². The van der Waals surface area contributed by atoms with Crippen LogP contribution < -0.4 is 5.32 Å². The standard InChI is InChI=1S/C26H32BN3O5/c1-4-30(5-2)25(31)23(18-28)16-22-8-6-7-20(15-22)13-14-35-26(32)29-24(27(33)34)17-21-11-9-19(3)10-12-21/h6-12,15-16,24,33-34H,4-5,13-14,17H2,1-3H3,(H,29,32)/t24-/m0/s1. The van der Waals surface area contributed by atoms with E-state index in [9.17, 15) is 24.9 Å². The van der Waals surface area contributed by atoms with Crippen LogP contribution in [0, 0.1) is 18.3 Å².